The number of likely N-dealkylation sites (N-methyl/N-ethyl adjacent to an activating group) is 1. The van der Waals surface area contributed by atoms with Crippen LogP contribution in [0, 0.1) is 0 Å². The molecule has 6 heteroatoms. The molecule has 1 aromatic rings. The van der Waals surface area contributed by atoms with Crippen LogP contribution in [0.5, 0.6) is 5.75 Å². The summed E-state index contributed by atoms with van der Waals surface area (Å²) in [6.45, 7) is 6.16. The monoisotopic (exact) mass is 311 g/mol. The van der Waals surface area contributed by atoms with Crippen molar-refractivity contribution in [2.24, 2.45) is 0 Å². The molecule has 1 atom stereocenters. The van der Waals surface area contributed by atoms with Gasteiger partial charge >= 0.3 is 11.9 Å². The second-order valence-corrected chi connectivity index (χ2v) is 5.11. The normalized spacial score (nSPS) is 11.3. The van der Waals surface area contributed by atoms with Crippen molar-refractivity contribution in [1.82, 2.24) is 4.90 Å². The predicted molar refractivity (Wildman–Crippen MR) is 84.5 cm³/mol. The van der Waals surface area contributed by atoms with Gasteiger partial charge in [0.05, 0.1) is 0 Å². The second kappa shape index (κ2) is 10.6. The molecule has 0 spiro atoms. The summed E-state index contributed by atoms with van der Waals surface area (Å²) in [6.07, 6.45) is 1.15. The fourth-order valence-corrected chi connectivity index (χ4v) is 1.58. The number of carbonyl (C=O) groups is 2. The van der Waals surface area contributed by atoms with Crippen molar-refractivity contribution in [3.05, 3.63) is 29.8 Å². The third kappa shape index (κ3) is 8.26. The Balaban J connectivity index is 0.000000626. The highest BCUT2D eigenvalue weighted by Crippen LogP contribution is 2.28. The van der Waals surface area contributed by atoms with Crippen LogP contribution in [0.3, 0.4) is 0 Å². The number of para-hydroxylation sites is 1. The standard InChI is InChI=1S/C14H23NO.C2H2O4/c1-5-12(2)13-8-6-7-9-14(13)16-11-10-15(3)4;3-1(4)2(5)6/h6-9,12H,5,10-11H2,1-4H3;(H,3,4)(H,5,6). The Labute approximate surface area is 131 Å². The molecule has 124 valence electrons. The van der Waals surface area contributed by atoms with Crippen molar-refractivity contribution in [2.45, 2.75) is 26.2 Å². The van der Waals surface area contributed by atoms with Gasteiger partial charge in [-0.25, -0.2) is 9.59 Å². The summed E-state index contributed by atoms with van der Waals surface area (Å²) in [5, 5.41) is 14.8. The molecule has 6 nitrogen and oxygen atoms in total. The zero-order valence-corrected chi connectivity index (χ0v) is 13.6. The van der Waals surface area contributed by atoms with E-state index in [1.54, 1.807) is 0 Å². The van der Waals surface area contributed by atoms with Crippen LogP contribution in [-0.4, -0.2) is 54.3 Å². The Morgan fingerprint density at radius 1 is 1.18 bits per heavy atom. The largest absolute Gasteiger partial charge is 0.492 e. The predicted octanol–water partition coefficient (Wildman–Crippen LogP) is 2.30. The maximum absolute atomic E-state index is 9.10. The summed E-state index contributed by atoms with van der Waals surface area (Å²) in [5.41, 5.74) is 1.32. The molecule has 0 aliphatic carbocycles. The lowest BCUT2D eigenvalue weighted by atomic mass is 9.98. The van der Waals surface area contributed by atoms with Gasteiger partial charge in [-0.1, -0.05) is 32.0 Å². The smallest absolute Gasteiger partial charge is 0.414 e. The lowest BCUT2D eigenvalue weighted by Crippen LogP contribution is -2.19. The molecule has 0 fully saturated rings. The summed E-state index contributed by atoms with van der Waals surface area (Å²) >= 11 is 0. The number of ether oxygens (including phenoxy) is 1. The Kier molecular flexibility index (Phi) is 9.61. The number of rotatable bonds is 6. The topological polar surface area (TPSA) is 87.1 Å². The molecular weight excluding hydrogens is 286 g/mol. The number of nitrogens with zero attached hydrogens (tertiary/aromatic N) is 1. The Hall–Kier alpha value is -2.08. The van der Waals surface area contributed by atoms with Crippen LogP contribution in [-0.2, 0) is 9.59 Å². The number of hydrogen-bond acceptors (Lipinski definition) is 4. The van der Waals surface area contributed by atoms with Crippen LogP contribution in [0.4, 0.5) is 0 Å². The molecule has 0 aliphatic rings. The maximum Gasteiger partial charge on any atom is 0.414 e. The van der Waals surface area contributed by atoms with E-state index in [4.69, 9.17) is 24.5 Å². The van der Waals surface area contributed by atoms with Gasteiger partial charge in [0.2, 0.25) is 0 Å². The van der Waals surface area contributed by atoms with Crippen molar-refractivity contribution in [3.8, 4) is 5.75 Å². The average Bonchev–Trinajstić information content (AvgIpc) is 2.47. The molecular formula is C16H25NO5. The molecule has 0 bridgehead atoms. The molecule has 0 radical (unpaired) electrons. The number of carboxylic acids is 2. The second-order valence-electron chi connectivity index (χ2n) is 5.11. The first-order valence-corrected chi connectivity index (χ1v) is 7.12. The van der Waals surface area contributed by atoms with E-state index in [1.165, 1.54) is 5.56 Å². The Morgan fingerprint density at radius 2 is 1.73 bits per heavy atom. The highest BCUT2D eigenvalue weighted by molar-refractivity contribution is 6.27. The molecule has 1 aromatic carbocycles. The van der Waals surface area contributed by atoms with E-state index in [-0.39, 0.29) is 0 Å². The van der Waals surface area contributed by atoms with Crippen molar-refractivity contribution in [1.29, 1.82) is 0 Å². The molecule has 0 aliphatic heterocycles. The molecule has 2 N–H and O–H groups in total. The third-order valence-electron chi connectivity index (χ3n) is 3.04. The van der Waals surface area contributed by atoms with Crippen LogP contribution in [0.2, 0.25) is 0 Å². The first-order chi connectivity index (χ1) is 10.3. The minimum atomic E-state index is -1.82. The summed E-state index contributed by atoms with van der Waals surface area (Å²) in [7, 11) is 4.12. The molecule has 0 amide bonds. The summed E-state index contributed by atoms with van der Waals surface area (Å²) in [6, 6.07) is 8.35. The summed E-state index contributed by atoms with van der Waals surface area (Å²) in [5.74, 6) is -2.04. The molecule has 1 rings (SSSR count). The van der Waals surface area contributed by atoms with Crippen LogP contribution in [0.15, 0.2) is 24.3 Å². The third-order valence-corrected chi connectivity index (χ3v) is 3.04. The first-order valence-electron chi connectivity index (χ1n) is 7.12. The number of carboxylic acid groups (broad SMARTS) is 2. The lowest BCUT2D eigenvalue weighted by Gasteiger charge is -2.17. The molecule has 0 saturated carbocycles. The van der Waals surface area contributed by atoms with E-state index in [1.807, 2.05) is 6.07 Å². The van der Waals surface area contributed by atoms with Gasteiger partial charge < -0.3 is 19.8 Å². The minimum absolute atomic E-state index is 0.565. The van der Waals surface area contributed by atoms with Gasteiger partial charge in [-0.05, 0) is 38.1 Å². The number of aliphatic carboxylic acids is 2. The van der Waals surface area contributed by atoms with Crippen LogP contribution >= 0.6 is 0 Å². The minimum Gasteiger partial charge on any atom is -0.492 e. The van der Waals surface area contributed by atoms with Crippen LogP contribution in [0.25, 0.3) is 0 Å². The molecule has 22 heavy (non-hydrogen) atoms. The van der Waals surface area contributed by atoms with E-state index in [0.717, 1.165) is 25.3 Å². The summed E-state index contributed by atoms with van der Waals surface area (Å²) < 4.78 is 5.83. The van der Waals surface area contributed by atoms with Gasteiger partial charge in [-0.15, -0.1) is 0 Å². The van der Waals surface area contributed by atoms with Gasteiger partial charge in [0, 0.05) is 6.54 Å². The van der Waals surface area contributed by atoms with E-state index in [9.17, 15) is 0 Å². The summed E-state index contributed by atoms with van der Waals surface area (Å²) in [4.78, 5) is 20.3. The van der Waals surface area contributed by atoms with Crippen molar-refractivity contribution < 1.29 is 24.5 Å². The van der Waals surface area contributed by atoms with Crippen LogP contribution in [0.1, 0.15) is 31.7 Å². The molecule has 0 saturated heterocycles. The quantitative estimate of drug-likeness (QED) is 0.784. The van der Waals surface area contributed by atoms with Gasteiger partial charge in [0.1, 0.15) is 12.4 Å². The van der Waals surface area contributed by atoms with E-state index in [0.29, 0.717) is 5.92 Å². The maximum atomic E-state index is 9.10. The van der Waals surface area contributed by atoms with E-state index >= 15 is 0 Å². The van der Waals surface area contributed by atoms with Gasteiger partial charge in [-0.2, -0.15) is 0 Å². The van der Waals surface area contributed by atoms with E-state index < -0.39 is 11.9 Å². The van der Waals surface area contributed by atoms with E-state index in [2.05, 4.69) is 51.0 Å². The zero-order valence-electron chi connectivity index (χ0n) is 13.6. The zero-order chi connectivity index (χ0) is 17.1. The fourth-order valence-electron chi connectivity index (χ4n) is 1.58. The van der Waals surface area contributed by atoms with Crippen LogP contribution < -0.4 is 4.74 Å². The van der Waals surface area contributed by atoms with Crippen molar-refractivity contribution in [3.63, 3.8) is 0 Å². The molecule has 1 unspecified atom stereocenters. The van der Waals surface area contributed by atoms with Crippen molar-refractivity contribution in [2.75, 3.05) is 27.2 Å². The SMILES string of the molecule is CCC(C)c1ccccc1OCCN(C)C.O=C(O)C(=O)O. The highest BCUT2D eigenvalue weighted by atomic mass is 16.5. The number of benzene rings is 1. The first kappa shape index (κ1) is 19.9. The number of hydrogen-bond donors (Lipinski definition) is 2. The Bertz CT molecular complexity index is 461. The average molecular weight is 311 g/mol. The lowest BCUT2D eigenvalue weighted by molar-refractivity contribution is -0.159. The van der Waals surface area contributed by atoms with Gasteiger partial charge in [0.25, 0.3) is 0 Å². The van der Waals surface area contributed by atoms with Gasteiger partial charge in [-0.3, -0.25) is 0 Å². The van der Waals surface area contributed by atoms with Gasteiger partial charge in [0.15, 0.2) is 0 Å². The fraction of sp³-hybridized carbons (Fsp3) is 0.500. The molecule has 0 aromatic heterocycles. The van der Waals surface area contributed by atoms with Crippen molar-refractivity contribution >= 4 is 11.9 Å². The highest BCUT2D eigenvalue weighted by Gasteiger charge is 2.09. The Morgan fingerprint density at radius 3 is 2.18 bits per heavy atom. The molecule has 0 heterocycles.